The van der Waals surface area contributed by atoms with Gasteiger partial charge in [0, 0.05) is 27.9 Å². The molecule has 0 aliphatic heterocycles. The molecule has 5 aromatic rings. The van der Waals surface area contributed by atoms with Crippen molar-refractivity contribution < 1.29 is 19.1 Å². The molecule has 0 saturated carbocycles. The van der Waals surface area contributed by atoms with E-state index < -0.39 is 0 Å². The van der Waals surface area contributed by atoms with Crippen LogP contribution in [-0.2, 0) is 4.79 Å². The lowest BCUT2D eigenvalue weighted by Gasteiger charge is -2.14. The summed E-state index contributed by atoms with van der Waals surface area (Å²) in [5, 5.41) is 13.1. The SMILES string of the molecule is COc1cc(/C=N/NC(=O)c2ccc(-c3csc(Nc4ccccc4)n3)cc2)cc(I)c1OCC(=O)Nc1cccc(C)c1C. The number of benzene rings is 4. The molecule has 3 N–H and O–H groups in total. The van der Waals surface area contributed by atoms with Crippen LogP contribution in [-0.4, -0.2) is 36.7 Å². The predicted molar refractivity (Wildman–Crippen MR) is 188 cm³/mol. The van der Waals surface area contributed by atoms with Crippen molar-refractivity contribution in [2.75, 3.05) is 24.4 Å². The molecule has 228 valence electrons. The zero-order valence-corrected chi connectivity index (χ0v) is 27.7. The summed E-state index contributed by atoms with van der Waals surface area (Å²) in [6.07, 6.45) is 1.52. The highest BCUT2D eigenvalue weighted by Gasteiger charge is 2.14. The van der Waals surface area contributed by atoms with Gasteiger partial charge >= 0.3 is 0 Å². The Labute approximate surface area is 278 Å². The maximum absolute atomic E-state index is 12.7. The second-order valence-electron chi connectivity index (χ2n) is 9.92. The van der Waals surface area contributed by atoms with Crippen LogP contribution < -0.4 is 25.5 Å². The number of hydrogen-bond acceptors (Lipinski definition) is 8. The average molecular weight is 732 g/mol. The highest BCUT2D eigenvalue weighted by atomic mass is 127. The molecule has 45 heavy (non-hydrogen) atoms. The van der Waals surface area contributed by atoms with Crippen molar-refractivity contribution in [2.45, 2.75) is 13.8 Å². The normalized spacial score (nSPS) is 10.8. The molecule has 0 aliphatic carbocycles. The van der Waals surface area contributed by atoms with E-state index in [0.29, 0.717) is 22.6 Å². The number of halogens is 1. The standard InChI is InChI=1S/C34H30IN5O4S/c1-21-8-7-11-28(22(21)2)38-31(41)19-44-32-27(35)16-23(17-30(32)43-3)18-36-40-33(42)25-14-12-24(13-15-25)29-20-45-34(39-29)37-26-9-5-4-6-10-26/h4-18,20H,19H2,1-3H3,(H,37,39)(H,38,41)(H,40,42)/b36-18+. The Bertz CT molecular complexity index is 1840. The molecule has 0 atom stereocenters. The molecular formula is C34H30IN5O4S. The van der Waals surface area contributed by atoms with Crippen LogP contribution in [0.25, 0.3) is 11.3 Å². The average Bonchev–Trinajstić information content (AvgIpc) is 3.51. The molecule has 2 amide bonds. The fourth-order valence-corrected chi connectivity index (χ4v) is 5.82. The molecule has 0 spiro atoms. The van der Waals surface area contributed by atoms with Crippen molar-refractivity contribution in [1.29, 1.82) is 0 Å². The number of rotatable bonds is 11. The summed E-state index contributed by atoms with van der Waals surface area (Å²) < 4.78 is 12.1. The number of carbonyl (C=O) groups is 2. The van der Waals surface area contributed by atoms with Gasteiger partial charge in [-0.15, -0.1) is 11.3 Å². The largest absolute Gasteiger partial charge is 0.493 e. The van der Waals surface area contributed by atoms with Crippen LogP contribution in [0.3, 0.4) is 0 Å². The number of ether oxygens (including phenoxy) is 2. The van der Waals surface area contributed by atoms with E-state index in [2.05, 4.69) is 48.7 Å². The van der Waals surface area contributed by atoms with Crippen molar-refractivity contribution >= 4 is 68.5 Å². The maximum Gasteiger partial charge on any atom is 0.271 e. The van der Waals surface area contributed by atoms with Crippen molar-refractivity contribution in [3.63, 3.8) is 0 Å². The summed E-state index contributed by atoms with van der Waals surface area (Å²) in [4.78, 5) is 29.9. The molecule has 0 fully saturated rings. The number of aromatic nitrogens is 1. The van der Waals surface area contributed by atoms with E-state index in [4.69, 9.17) is 9.47 Å². The van der Waals surface area contributed by atoms with E-state index in [0.717, 1.165) is 42.5 Å². The molecule has 0 radical (unpaired) electrons. The van der Waals surface area contributed by atoms with E-state index in [1.807, 2.05) is 86.0 Å². The van der Waals surface area contributed by atoms with Crippen molar-refractivity contribution in [2.24, 2.45) is 5.10 Å². The minimum atomic E-state index is -0.348. The first-order valence-electron chi connectivity index (χ1n) is 13.9. The number of aryl methyl sites for hydroxylation is 1. The molecule has 4 aromatic carbocycles. The van der Waals surface area contributed by atoms with Crippen LogP contribution >= 0.6 is 33.9 Å². The first-order chi connectivity index (χ1) is 21.8. The summed E-state index contributed by atoms with van der Waals surface area (Å²) in [6.45, 7) is 3.77. The molecular weight excluding hydrogens is 701 g/mol. The number of carbonyl (C=O) groups excluding carboxylic acids is 2. The van der Waals surface area contributed by atoms with Crippen LogP contribution in [0.15, 0.2) is 95.4 Å². The van der Waals surface area contributed by atoms with Crippen LogP contribution in [0.2, 0.25) is 0 Å². The number of para-hydroxylation sites is 1. The number of hydrazone groups is 1. The smallest absolute Gasteiger partial charge is 0.271 e. The van der Waals surface area contributed by atoms with Crippen LogP contribution in [0.4, 0.5) is 16.5 Å². The summed E-state index contributed by atoms with van der Waals surface area (Å²) >= 11 is 3.62. The van der Waals surface area contributed by atoms with Crippen LogP contribution in [0.1, 0.15) is 27.0 Å². The lowest BCUT2D eigenvalue weighted by atomic mass is 10.1. The van der Waals surface area contributed by atoms with Crippen LogP contribution in [0.5, 0.6) is 11.5 Å². The zero-order chi connectivity index (χ0) is 31.8. The molecule has 9 nitrogen and oxygen atoms in total. The molecule has 11 heteroatoms. The second kappa shape index (κ2) is 14.8. The molecule has 5 rings (SSSR count). The van der Waals surface area contributed by atoms with Gasteiger partial charge < -0.3 is 20.1 Å². The fraction of sp³-hybridized carbons (Fsp3) is 0.118. The molecule has 1 heterocycles. The van der Waals surface area contributed by atoms with E-state index in [1.54, 1.807) is 18.2 Å². The van der Waals surface area contributed by atoms with E-state index in [9.17, 15) is 9.59 Å². The minimum absolute atomic E-state index is 0.184. The van der Waals surface area contributed by atoms with E-state index >= 15 is 0 Å². The lowest BCUT2D eigenvalue weighted by Crippen LogP contribution is -2.21. The van der Waals surface area contributed by atoms with E-state index in [-0.39, 0.29) is 18.4 Å². The number of nitrogens with one attached hydrogen (secondary N) is 3. The first-order valence-corrected chi connectivity index (χ1v) is 15.8. The summed E-state index contributed by atoms with van der Waals surface area (Å²) in [5.74, 6) is 0.255. The van der Waals surface area contributed by atoms with Gasteiger partial charge in [-0.1, -0.05) is 42.5 Å². The number of hydrogen-bond donors (Lipinski definition) is 3. The van der Waals surface area contributed by atoms with Gasteiger partial charge in [-0.3, -0.25) is 9.59 Å². The Hall–Kier alpha value is -4.75. The van der Waals surface area contributed by atoms with Gasteiger partial charge in [-0.05, 0) is 95.6 Å². The first kappa shape index (κ1) is 31.7. The van der Waals surface area contributed by atoms with Gasteiger partial charge in [-0.25, -0.2) is 10.4 Å². The number of anilines is 3. The third-order valence-electron chi connectivity index (χ3n) is 6.83. The number of nitrogens with zero attached hydrogens (tertiary/aromatic N) is 2. The molecule has 0 saturated heterocycles. The van der Waals surface area contributed by atoms with Gasteiger partial charge in [0.2, 0.25) is 0 Å². The topological polar surface area (TPSA) is 114 Å². The van der Waals surface area contributed by atoms with Gasteiger partial charge in [-0.2, -0.15) is 5.10 Å². The van der Waals surface area contributed by atoms with Crippen LogP contribution in [0, 0.1) is 17.4 Å². The number of thiazole rings is 1. The molecule has 0 unspecified atom stereocenters. The Morgan fingerprint density at radius 2 is 1.78 bits per heavy atom. The molecule has 0 aliphatic rings. The third kappa shape index (κ3) is 8.25. The summed E-state index contributed by atoms with van der Waals surface area (Å²) in [7, 11) is 1.52. The fourth-order valence-electron chi connectivity index (χ4n) is 4.30. The Morgan fingerprint density at radius 3 is 2.53 bits per heavy atom. The van der Waals surface area contributed by atoms with Crippen molar-refractivity contribution in [3.8, 4) is 22.8 Å². The van der Waals surface area contributed by atoms with Gasteiger partial charge in [0.05, 0.1) is 22.6 Å². The van der Waals surface area contributed by atoms with Gasteiger partial charge in [0.15, 0.2) is 23.2 Å². The summed E-state index contributed by atoms with van der Waals surface area (Å²) in [5.41, 5.74) is 9.25. The monoisotopic (exact) mass is 731 g/mol. The van der Waals surface area contributed by atoms with Crippen molar-refractivity contribution in [3.05, 3.63) is 116 Å². The Morgan fingerprint density at radius 1 is 1.00 bits per heavy atom. The summed E-state index contributed by atoms with van der Waals surface area (Å²) in [6, 6.07) is 26.3. The van der Waals surface area contributed by atoms with Gasteiger partial charge in [0.1, 0.15) is 0 Å². The Balaban J connectivity index is 1.16. The number of methoxy groups -OCH3 is 1. The molecule has 0 bridgehead atoms. The van der Waals surface area contributed by atoms with Gasteiger partial charge in [0.25, 0.3) is 11.8 Å². The quantitative estimate of drug-likeness (QED) is 0.0735. The Kier molecular flexibility index (Phi) is 10.4. The lowest BCUT2D eigenvalue weighted by molar-refractivity contribution is -0.118. The second-order valence-corrected chi connectivity index (χ2v) is 11.9. The van der Waals surface area contributed by atoms with E-state index in [1.165, 1.54) is 24.7 Å². The third-order valence-corrected chi connectivity index (χ3v) is 8.39. The maximum atomic E-state index is 12.7. The zero-order valence-electron chi connectivity index (χ0n) is 24.8. The predicted octanol–water partition coefficient (Wildman–Crippen LogP) is 7.57. The van der Waals surface area contributed by atoms with Crippen molar-refractivity contribution in [1.82, 2.24) is 10.4 Å². The highest BCUT2D eigenvalue weighted by Crippen LogP contribution is 2.34. The minimum Gasteiger partial charge on any atom is -0.493 e. The highest BCUT2D eigenvalue weighted by molar-refractivity contribution is 14.1. The molecule has 1 aromatic heterocycles. The number of amides is 2.